The first-order valence-corrected chi connectivity index (χ1v) is 7.84. The molecule has 0 saturated carbocycles. The Morgan fingerprint density at radius 3 is 2.95 bits per heavy atom. The van der Waals surface area contributed by atoms with Gasteiger partial charge in [0.05, 0.1) is 5.75 Å². The van der Waals surface area contributed by atoms with E-state index in [0.29, 0.717) is 11.8 Å². The topological polar surface area (TPSA) is 41.1 Å². The average molecular weight is 315 g/mol. The van der Waals surface area contributed by atoms with E-state index in [1.54, 1.807) is 11.8 Å². The zero-order valence-corrected chi connectivity index (χ0v) is 13.7. The third-order valence-corrected chi connectivity index (χ3v) is 4.57. The normalized spacial score (nSPS) is 17.6. The number of halogens is 1. The van der Waals surface area contributed by atoms with E-state index in [1.807, 2.05) is 0 Å². The number of thioether (sulfide) groups is 1. The van der Waals surface area contributed by atoms with Crippen molar-refractivity contribution in [1.82, 2.24) is 10.6 Å². The van der Waals surface area contributed by atoms with Crippen molar-refractivity contribution in [3.63, 3.8) is 0 Å². The molecule has 1 aliphatic heterocycles. The van der Waals surface area contributed by atoms with Gasteiger partial charge in [-0.1, -0.05) is 17.7 Å². The van der Waals surface area contributed by atoms with E-state index in [9.17, 15) is 4.79 Å². The van der Waals surface area contributed by atoms with Gasteiger partial charge < -0.3 is 10.6 Å². The number of amides is 1. The van der Waals surface area contributed by atoms with Gasteiger partial charge in [0.2, 0.25) is 5.91 Å². The lowest BCUT2D eigenvalue weighted by atomic mass is 10.2. The molecule has 20 heavy (non-hydrogen) atoms. The summed E-state index contributed by atoms with van der Waals surface area (Å²) >= 11 is 1.62. The van der Waals surface area contributed by atoms with Crippen LogP contribution in [-0.4, -0.2) is 30.8 Å². The SMILES string of the molecule is Cc1ccc(C)c(SCC(=O)NCC2CCCN2)c1.Cl. The highest BCUT2D eigenvalue weighted by Gasteiger charge is 2.14. The van der Waals surface area contributed by atoms with Crippen molar-refractivity contribution in [2.24, 2.45) is 0 Å². The van der Waals surface area contributed by atoms with Crippen molar-refractivity contribution < 1.29 is 4.79 Å². The van der Waals surface area contributed by atoms with Gasteiger partial charge in [-0.2, -0.15) is 0 Å². The fourth-order valence-corrected chi connectivity index (χ4v) is 3.18. The van der Waals surface area contributed by atoms with Crippen molar-refractivity contribution in [2.75, 3.05) is 18.8 Å². The molecule has 1 aliphatic rings. The van der Waals surface area contributed by atoms with Crippen molar-refractivity contribution in [2.45, 2.75) is 37.6 Å². The van der Waals surface area contributed by atoms with Crippen LogP contribution in [0.25, 0.3) is 0 Å². The summed E-state index contributed by atoms with van der Waals surface area (Å²) in [7, 11) is 0. The quantitative estimate of drug-likeness (QED) is 0.821. The Balaban J connectivity index is 0.00000200. The predicted molar refractivity (Wildman–Crippen MR) is 87.9 cm³/mol. The Morgan fingerprint density at radius 1 is 1.45 bits per heavy atom. The minimum Gasteiger partial charge on any atom is -0.354 e. The number of carbonyl (C=O) groups excluding carboxylic acids is 1. The molecule has 1 atom stereocenters. The third-order valence-electron chi connectivity index (χ3n) is 3.41. The maximum Gasteiger partial charge on any atom is 0.230 e. The standard InChI is InChI=1S/C15H22N2OS.ClH/c1-11-5-6-12(2)14(8-11)19-10-15(18)17-9-13-4-3-7-16-13;/h5-6,8,13,16H,3-4,7,9-10H2,1-2H3,(H,17,18);1H. The lowest BCUT2D eigenvalue weighted by Crippen LogP contribution is -2.37. The number of rotatable bonds is 5. The first kappa shape index (κ1) is 17.3. The minimum absolute atomic E-state index is 0. The highest BCUT2D eigenvalue weighted by Crippen LogP contribution is 2.23. The number of hydrogen-bond acceptors (Lipinski definition) is 3. The molecule has 2 N–H and O–H groups in total. The summed E-state index contributed by atoms with van der Waals surface area (Å²) in [6.07, 6.45) is 2.39. The van der Waals surface area contributed by atoms with Gasteiger partial charge in [0.25, 0.3) is 0 Å². The fraction of sp³-hybridized carbons (Fsp3) is 0.533. The third kappa shape index (κ3) is 5.35. The maximum atomic E-state index is 11.8. The van der Waals surface area contributed by atoms with Gasteiger partial charge in [0.1, 0.15) is 0 Å². The molecule has 0 aromatic heterocycles. The first-order chi connectivity index (χ1) is 9.15. The molecule has 2 rings (SSSR count). The summed E-state index contributed by atoms with van der Waals surface area (Å²) in [4.78, 5) is 13.0. The number of carbonyl (C=O) groups is 1. The van der Waals surface area contributed by atoms with Crippen molar-refractivity contribution in [1.29, 1.82) is 0 Å². The van der Waals surface area contributed by atoms with Crippen LogP contribution >= 0.6 is 24.2 Å². The van der Waals surface area contributed by atoms with Crippen LogP contribution in [0.5, 0.6) is 0 Å². The molecule has 1 fully saturated rings. The summed E-state index contributed by atoms with van der Waals surface area (Å²) in [5.41, 5.74) is 2.48. The second-order valence-corrected chi connectivity index (χ2v) is 6.17. The van der Waals surface area contributed by atoms with Gasteiger partial charge >= 0.3 is 0 Å². The van der Waals surface area contributed by atoms with E-state index in [-0.39, 0.29) is 18.3 Å². The molecule has 3 nitrogen and oxygen atoms in total. The van der Waals surface area contributed by atoms with E-state index < -0.39 is 0 Å². The Morgan fingerprint density at radius 2 is 2.25 bits per heavy atom. The van der Waals surface area contributed by atoms with Gasteiger partial charge in [-0.05, 0) is 44.9 Å². The monoisotopic (exact) mass is 314 g/mol. The summed E-state index contributed by atoms with van der Waals surface area (Å²) < 4.78 is 0. The van der Waals surface area contributed by atoms with Crippen LogP contribution in [0.3, 0.4) is 0 Å². The summed E-state index contributed by atoms with van der Waals surface area (Å²) in [6, 6.07) is 6.82. The fourth-order valence-electron chi connectivity index (χ4n) is 2.23. The number of hydrogen-bond donors (Lipinski definition) is 2. The Kier molecular flexibility index (Phi) is 7.41. The molecule has 1 amide bonds. The van der Waals surface area contributed by atoms with E-state index in [1.165, 1.54) is 28.9 Å². The highest BCUT2D eigenvalue weighted by molar-refractivity contribution is 8.00. The molecule has 0 spiro atoms. The average Bonchev–Trinajstić information content (AvgIpc) is 2.90. The second kappa shape index (κ2) is 8.55. The zero-order chi connectivity index (χ0) is 13.7. The first-order valence-electron chi connectivity index (χ1n) is 6.85. The van der Waals surface area contributed by atoms with Crippen LogP contribution in [0.15, 0.2) is 23.1 Å². The lowest BCUT2D eigenvalue weighted by molar-refractivity contribution is -0.118. The molecule has 5 heteroatoms. The van der Waals surface area contributed by atoms with Gasteiger partial charge in [-0.15, -0.1) is 24.2 Å². The molecular weight excluding hydrogens is 292 g/mol. The number of nitrogens with one attached hydrogen (secondary N) is 2. The number of benzene rings is 1. The molecule has 1 saturated heterocycles. The van der Waals surface area contributed by atoms with Crippen molar-refractivity contribution in [3.8, 4) is 0 Å². The number of aryl methyl sites for hydroxylation is 2. The van der Waals surface area contributed by atoms with Crippen molar-refractivity contribution in [3.05, 3.63) is 29.3 Å². The van der Waals surface area contributed by atoms with Gasteiger partial charge in [-0.25, -0.2) is 0 Å². The van der Waals surface area contributed by atoms with Crippen LogP contribution in [0.4, 0.5) is 0 Å². The molecule has 1 heterocycles. The van der Waals surface area contributed by atoms with E-state index in [4.69, 9.17) is 0 Å². The molecule has 0 radical (unpaired) electrons. The molecule has 0 bridgehead atoms. The molecule has 1 unspecified atom stereocenters. The van der Waals surface area contributed by atoms with Crippen LogP contribution < -0.4 is 10.6 Å². The molecule has 1 aromatic carbocycles. The molecule has 1 aromatic rings. The van der Waals surface area contributed by atoms with Gasteiger partial charge in [-0.3, -0.25) is 4.79 Å². The van der Waals surface area contributed by atoms with E-state index >= 15 is 0 Å². The molecule has 0 aliphatic carbocycles. The van der Waals surface area contributed by atoms with Crippen LogP contribution in [0.1, 0.15) is 24.0 Å². The van der Waals surface area contributed by atoms with Gasteiger partial charge in [0.15, 0.2) is 0 Å². The zero-order valence-electron chi connectivity index (χ0n) is 12.1. The van der Waals surface area contributed by atoms with Crippen molar-refractivity contribution >= 4 is 30.1 Å². The van der Waals surface area contributed by atoms with Crippen LogP contribution in [0.2, 0.25) is 0 Å². The van der Waals surface area contributed by atoms with Crippen LogP contribution in [0, 0.1) is 13.8 Å². The Bertz CT molecular complexity index is 447. The van der Waals surface area contributed by atoms with E-state index in [2.05, 4.69) is 42.7 Å². The Hall–Kier alpha value is -0.710. The lowest BCUT2D eigenvalue weighted by Gasteiger charge is -2.12. The van der Waals surface area contributed by atoms with Crippen LogP contribution in [-0.2, 0) is 4.79 Å². The second-order valence-electron chi connectivity index (χ2n) is 5.15. The Labute approximate surface area is 131 Å². The smallest absolute Gasteiger partial charge is 0.230 e. The summed E-state index contributed by atoms with van der Waals surface area (Å²) in [5.74, 6) is 0.622. The summed E-state index contributed by atoms with van der Waals surface area (Å²) in [6.45, 7) is 6.00. The van der Waals surface area contributed by atoms with E-state index in [0.717, 1.165) is 13.1 Å². The largest absolute Gasteiger partial charge is 0.354 e. The highest BCUT2D eigenvalue weighted by atomic mass is 35.5. The predicted octanol–water partition coefficient (Wildman–Crippen LogP) is 2.69. The molecule has 112 valence electrons. The minimum atomic E-state index is 0. The molecular formula is C15H23ClN2OS. The van der Waals surface area contributed by atoms with Gasteiger partial charge in [0, 0.05) is 17.5 Å². The summed E-state index contributed by atoms with van der Waals surface area (Å²) in [5, 5.41) is 6.39. The maximum absolute atomic E-state index is 11.8.